The lowest BCUT2D eigenvalue weighted by Crippen LogP contribution is -2.36. The first kappa shape index (κ1) is 21.2. The molecule has 0 amide bonds. The second-order valence-electron chi connectivity index (χ2n) is 7.44. The van der Waals surface area contributed by atoms with Gasteiger partial charge < -0.3 is 14.9 Å². The van der Waals surface area contributed by atoms with Crippen LogP contribution in [-0.4, -0.2) is 57.2 Å². The number of nitrogens with zero attached hydrogens (tertiary/aromatic N) is 3. The second-order valence-corrected chi connectivity index (χ2v) is 7.44. The van der Waals surface area contributed by atoms with E-state index in [-0.39, 0.29) is 24.4 Å². The maximum absolute atomic E-state index is 12.4. The van der Waals surface area contributed by atoms with Crippen LogP contribution in [0.4, 0.5) is 8.78 Å². The van der Waals surface area contributed by atoms with Gasteiger partial charge >= 0.3 is 6.61 Å². The lowest BCUT2D eigenvalue weighted by molar-refractivity contribution is -0.122. The predicted octanol–water partition coefficient (Wildman–Crippen LogP) is 2.63. The Morgan fingerprint density at radius 3 is 2.62 bits per heavy atom. The first-order valence-corrected chi connectivity index (χ1v) is 9.51. The third kappa shape index (κ3) is 5.51. The summed E-state index contributed by atoms with van der Waals surface area (Å²) in [5.74, 6) is 1.19. The van der Waals surface area contributed by atoms with Crippen molar-refractivity contribution in [3.05, 3.63) is 48.3 Å². The third-order valence-electron chi connectivity index (χ3n) is 5.58. The van der Waals surface area contributed by atoms with Crippen molar-refractivity contribution in [2.45, 2.75) is 38.1 Å². The first-order valence-electron chi connectivity index (χ1n) is 9.51. The molecule has 4 atom stereocenters. The molecule has 0 unspecified atom stereocenters. The minimum absolute atomic E-state index is 0.0361. The van der Waals surface area contributed by atoms with Crippen LogP contribution in [0.3, 0.4) is 0 Å². The summed E-state index contributed by atoms with van der Waals surface area (Å²) in [5, 5.41) is 21.7. The monoisotopic (exact) mass is 409 g/mol. The third-order valence-corrected chi connectivity index (χ3v) is 5.58. The van der Waals surface area contributed by atoms with E-state index in [1.807, 2.05) is 23.0 Å². The van der Waals surface area contributed by atoms with E-state index in [9.17, 15) is 13.9 Å². The average Bonchev–Trinajstić information content (AvgIpc) is 3.30. The highest BCUT2D eigenvalue weighted by molar-refractivity contribution is 5.32. The Morgan fingerprint density at radius 1 is 1.24 bits per heavy atom. The summed E-state index contributed by atoms with van der Waals surface area (Å²) >= 11 is 0. The zero-order chi connectivity index (χ0) is 20.8. The molecule has 9 heteroatoms. The number of hydrogen-bond acceptors (Lipinski definition) is 5. The highest BCUT2D eigenvalue weighted by atomic mass is 19.3. The van der Waals surface area contributed by atoms with Gasteiger partial charge in [-0.15, -0.1) is 0 Å². The molecular weight excluding hydrogens is 384 g/mol. The summed E-state index contributed by atoms with van der Waals surface area (Å²) in [6.45, 7) is -0.473. The number of aliphatic hydroxyl groups excluding tert-OH is 1. The standard InChI is InChI=1S/C19H23F2N3O2.CH2O2/c20-19(21)26-16-4-1-3-13(7-16)10-23-11-14-8-17(24-6-2-5-22-24)18(25)9-15(14)12-23;2-1-3/h1-7,14-15,17-19,25H,8-12H2;1H,(H,2,3)/t14-,15+,17-,18-;/m1./s1. The molecule has 4 rings (SSSR count). The lowest BCUT2D eigenvalue weighted by atomic mass is 9.77. The van der Waals surface area contributed by atoms with Crippen LogP contribution in [0.2, 0.25) is 0 Å². The quantitative estimate of drug-likeness (QED) is 0.739. The second kappa shape index (κ2) is 9.80. The number of rotatable bonds is 5. The van der Waals surface area contributed by atoms with Gasteiger partial charge in [-0.25, -0.2) is 0 Å². The average molecular weight is 409 g/mol. The van der Waals surface area contributed by atoms with Crippen LogP contribution in [0.15, 0.2) is 42.7 Å². The zero-order valence-corrected chi connectivity index (χ0v) is 15.8. The Labute approximate surface area is 167 Å². The van der Waals surface area contributed by atoms with Crippen molar-refractivity contribution in [3.63, 3.8) is 0 Å². The number of benzene rings is 1. The maximum Gasteiger partial charge on any atom is 0.387 e. The van der Waals surface area contributed by atoms with Gasteiger partial charge in [0.2, 0.25) is 0 Å². The van der Waals surface area contributed by atoms with E-state index < -0.39 is 6.61 Å². The summed E-state index contributed by atoms with van der Waals surface area (Å²) in [5.41, 5.74) is 0.964. The van der Waals surface area contributed by atoms with Gasteiger partial charge in [-0.1, -0.05) is 12.1 Å². The van der Waals surface area contributed by atoms with E-state index in [1.165, 1.54) is 0 Å². The fourth-order valence-corrected chi connectivity index (χ4v) is 4.47. The molecular formula is C20H25F2N3O4. The molecule has 2 aromatic rings. The van der Waals surface area contributed by atoms with Gasteiger partial charge in [0.25, 0.3) is 6.47 Å². The molecule has 0 radical (unpaired) electrons. The summed E-state index contributed by atoms with van der Waals surface area (Å²) in [7, 11) is 0. The molecule has 7 nitrogen and oxygen atoms in total. The number of carboxylic acid groups (broad SMARTS) is 1. The molecule has 1 aliphatic carbocycles. The number of ether oxygens (including phenoxy) is 1. The summed E-state index contributed by atoms with van der Waals surface area (Å²) < 4.78 is 31.1. The highest BCUT2D eigenvalue weighted by Gasteiger charge is 2.42. The molecule has 2 fully saturated rings. The number of fused-ring (bicyclic) bond motifs is 1. The van der Waals surface area contributed by atoms with Crippen molar-refractivity contribution in [1.82, 2.24) is 14.7 Å². The van der Waals surface area contributed by atoms with Crippen molar-refractivity contribution in [2.24, 2.45) is 11.8 Å². The fraction of sp³-hybridized carbons (Fsp3) is 0.500. The Bertz CT molecular complexity index is 775. The van der Waals surface area contributed by atoms with Crippen LogP contribution >= 0.6 is 0 Å². The Hall–Kier alpha value is -2.52. The van der Waals surface area contributed by atoms with Gasteiger partial charge in [-0.05, 0) is 48.4 Å². The van der Waals surface area contributed by atoms with Crippen LogP contribution < -0.4 is 4.74 Å². The van der Waals surface area contributed by atoms with E-state index in [1.54, 1.807) is 24.4 Å². The summed E-state index contributed by atoms with van der Waals surface area (Å²) in [4.78, 5) is 10.7. The van der Waals surface area contributed by atoms with E-state index in [0.717, 1.165) is 31.5 Å². The molecule has 2 N–H and O–H groups in total. The number of aromatic nitrogens is 2. The molecule has 1 saturated carbocycles. The van der Waals surface area contributed by atoms with Crippen molar-refractivity contribution >= 4 is 6.47 Å². The van der Waals surface area contributed by atoms with Crippen LogP contribution in [0.1, 0.15) is 24.4 Å². The Morgan fingerprint density at radius 2 is 1.97 bits per heavy atom. The van der Waals surface area contributed by atoms with Crippen LogP contribution in [0.25, 0.3) is 0 Å². The number of halogens is 2. The Balaban J connectivity index is 0.000000755. The van der Waals surface area contributed by atoms with Crippen molar-refractivity contribution in [3.8, 4) is 5.75 Å². The fourth-order valence-electron chi connectivity index (χ4n) is 4.47. The minimum Gasteiger partial charge on any atom is -0.483 e. The summed E-state index contributed by atoms with van der Waals surface area (Å²) in [6.07, 6.45) is 4.97. The van der Waals surface area contributed by atoms with Gasteiger partial charge in [0, 0.05) is 32.0 Å². The van der Waals surface area contributed by atoms with Gasteiger partial charge in [-0.2, -0.15) is 13.9 Å². The van der Waals surface area contributed by atoms with Crippen molar-refractivity contribution in [2.75, 3.05) is 13.1 Å². The minimum atomic E-state index is -2.80. The zero-order valence-electron chi connectivity index (χ0n) is 15.8. The van der Waals surface area contributed by atoms with E-state index in [2.05, 4.69) is 14.7 Å². The van der Waals surface area contributed by atoms with Gasteiger partial charge in [0.15, 0.2) is 0 Å². The van der Waals surface area contributed by atoms with Gasteiger partial charge in [0.05, 0.1) is 12.1 Å². The number of carbonyl (C=O) groups is 1. The Kier molecular flexibility index (Phi) is 7.16. The first-order chi connectivity index (χ1) is 14.0. The van der Waals surface area contributed by atoms with Gasteiger partial charge in [-0.3, -0.25) is 14.4 Å². The number of alkyl halides is 2. The molecule has 0 spiro atoms. The van der Waals surface area contributed by atoms with Gasteiger partial charge in [0.1, 0.15) is 5.75 Å². The largest absolute Gasteiger partial charge is 0.483 e. The molecule has 0 bridgehead atoms. The van der Waals surface area contributed by atoms with Crippen LogP contribution in [0, 0.1) is 11.8 Å². The molecule has 158 valence electrons. The molecule has 29 heavy (non-hydrogen) atoms. The van der Waals surface area contributed by atoms with E-state index in [4.69, 9.17) is 9.90 Å². The molecule has 1 aliphatic heterocycles. The van der Waals surface area contributed by atoms with Crippen molar-refractivity contribution < 1.29 is 28.5 Å². The smallest absolute Gasteiger partial charge is 0.387 e. The van der Waals surface area contributed by atoms with Crippen molar-refractivity contribution in [1.29, 1.82) is 0 Å². The molecule has 1 aromatic heterocycles. The lowest BCUT2D eigenvalue weighted by Gasteiger charge is -2.35. The molecule has 2 heterocycles. The number of hydrogen-bond donors (Lipinski definition) is 2. The molecule has 1 saturated heterocycles. The number of likely N-dealkylation sites (tertiary alicyclic amines) is 1. The van der Waals surface area contributed by atoms with E-state index in [0.29, 0.717) is 18.4 Å². The predicted molar refractivity (Wildman–Crippen MR) is 101 cm³/mol. The molecule has 1 aromatic carbocycles. The highest BCUT2D eigenvalue weighted by Crippen LogP contribution is 2.41. The molecule has 2 aliphatic rings. The van der Waals surface area contributed by atoms with Crippen LogP contribution in [0.5, 0.6) is 5.75 Å². The summed E-state index contributed by atoms with van der Waals surface area (Å²) in [6, 6.07) is 8.82. The van der Waals surface area contributed by atoms with E-state index >= 15 is 0 Å². The number of aliphatic hydroxyl groups is 1. The maximum atomic E-state index is 12.4. The van der Waals surface area contributed by atoms with Crippen LogP contribution in [-0.2, 0) is 11.3 Å². The SMILES string of the molecule is O=CO.O[C@@H]1C[C@H]2CN(Cc3cccc(OC(F)F)c3)C[C@H]2C[C@H]1n1cccn1. The topological polar surface area (TPSA) is 87.8 Å². The normalized spacial score (nSPS) is 26.5.